The molecule has 0 heterocycles. The number of ketones is 1. The maximum Gasteiger partial charge on any atom is 0.129 e. The summed E-state index contributed by atoms with van der Waals surface area (Å²) in [6, 6.07) is 0. The zero-order valence-corrected chi connectivity index (χ0v) is 25.1. The lowest BCUT2D eigenvalue weighted by atomic mass is 9.46. The minimum Gasteiger partial charge on any atom is -0.300 e. The van der Waals surface area contributed by atoms with Crippen molar-refractivity contribution >= 4 is 5.78 Å². The van der Waals surface area contributed by atoms with Crippen molar-refractivity contribution in [3.8, 4) is 0 Å². The predicted octanol–water partition coefficient (Wildman–Crippen LogP) is 10.7. The Balaban J connectivity index is 0.000000551. The van der Waals surface area contributed by atoms with E-state index >= 15 is 0 Å². The predicted molar refractivity (Wildman–Crippen MR) is 155 cm³/mol. The van der Waals surface area contributed by atoms with Crippen molar-refractivity contribution in [3.05, 3.63) is 23.3 Å². The van der Waals surface area contributed by atoms with E-state index in [0.29, 0.717) is 17.3 Å². The van der Waals surface area contributed by atoms with E-state index in [1.165, 1.54) is 77.0 Å². The van der Waals surface area contributed by atoms with Crippen LogP contribution in [-0.4, -0.2) is 5.78 Å². The topological polar surface area (TPSA) is 17.1 Å². The van der Waals surface area contributed by atoms with Crippen LogP contribution in [0.25, 0.3) is 0 Å². The van der Waals surface area contributed by atoms with Gasteiger partial charge in [-0.15, -0.1) is 0 Å². The summed E-state index contributed by atoms with van der Waals surface area (Å²) >= 11 is 0. The van der Waals surface area contributed by atoms with Crippen molar-refractivity contribution in [2.24, 2.45) is 40.4 Å². The van der Waals surface area contributed by atoms with Crippen LogP contribution in [0.5, 0.6) is 0 Å². The number of fused-ring (bicyclic) bond motifs is 5. The minimum atomic E-state index is 0.255. The molecule has 4 aliphatic carbocycles. The van der Waals surface area contributed by atoms with Crippen LogP contribution in [0.2, 0.25) is 0 Å². The molecule has 0 N–H and O–H groups in total. The van der Waals surface area contributed by atoms with Gasteiger partial charge in [-0.3, -0.25) is 0 Å². The lowest BCUT2D eigenvalue weighted by molar-refractivity contribution is -0.116. The third kappa shape index (κ3) is 6.54. The molecule has 0 aromatic carbocycles. The molecule has 0 aromatic heterocycles. The fourth-order valence-electron chi connectivity index (χ4n) is 8.51. The van der Waals surface area contributed by atoms with E-state index in [9.17, 15) is 4.79 Å². The monoisotopic (exact) mass is 484 g/mol. The van der Waals surface area contributed by atoms with Crippen LogP contribution in [0.1, 0.15) is 146 Å². The molecule has 1 nitrogen and oxygen atoms in total. The average molecular weight is 485 g/mol. The van der Waals surface area contributed by atoms with Crippen molar-refractivity contribution in [1.82, 2.24) is 0 Å². The van der Waals surface area contributed by atoms with Gasteiger partial charge in [-0.05, 0) is 119 Å². The van der Waals surface area contributed by atoms with Gasteiger partial charge >= 0.3 is 0 Å². The molecule has 0 amide bonds. The Bertz CT molecular complexity index is 729. The van der Waals surface area contributed by atoms with E-state index in [2.05, 4.69) is 46.8 Å². The average Bonchev–Trinajstić information content (AvgIpc) is 3.21. The Labute approximate surface area is 220 Å². The van der Waals surface area contributed by atoms with Crippen molar-refractivity contribution in [2.75, 3.05) is 0 Å². The molecule has 0 aliphatic heterocycles. The molecule has 3 fully saturated rings. The van der Waals surface area contributed by atoms with Gasteiger partial charge in [-0.1, -0.05) is 84.1 Å². The first-order valence-electron chi connectivity index (χ1n) is 15.5. The Morgan fingerprint density at radius 2 is 1.69 bits per heavy atom. The van der Waals surface area contributed by atoms with E-state index in [0.717, 1.165) is 29.6 Å². The highest BCUT2D eigenvalue weighted by Crippen LogP contribution is 2.67. The summed E-state index contributed by atoms with van der Waals surface area (Å²) in [6.07, 6.45) is 23.3. The Morgan fingerprint density at radius 3 is 2.29 bits per heavy atom. The van der Waals surface area contributed by atoms with Crippen LogP contribution in [0.3, 0.4) is 0 Å². The van der Waals surface area contributed by atoms with E-state index in [1.807, 2.05) is 26.3 Å². The van der Waals surface area contributed by atoms with Crippen molar-refractivity contribution < 1.29 is 4.79 Å². The van der Waals surface area contributed by atoms with Crippen LogP contribution >= 0.6 is 0 Å². The quantitative estimate of drug-likeness (QED) is 0.270. The zero-order valence-electron chi connectivity index (χ0n) is 25.1. The van der Waals surface area contributed by atoms with Gasteiger partial charge in [-0.25, -0.2) is 0 Å². The number of hydrogen-bond acceptors (Lipinski definition) is 1. The molecule has 0 radical (unpaired) electrons. The van der Waals surface area contributed by atoms with E-state index in [-0.39, 0.29) is 5.78 Å². The van der Waals surface area contributed by atoms with Crippen LogP contribution in [0, 0.1) is 40.4 Å². The van der Waals surface area contributed by atoms with Crippen molar-refractivity contribution in [3.63, 3.8) is 0 Å². The fraction of sp³-hybridized carbons (Fsp3) is 0.853. The maximum atomic E-state index is 9.81. The van der Waals surface area contributed by atoms with Gasteiger partial charge in [-0.2, -0.15) is 0 Å². The van der Waals surface area contributed by atoms with E-state index < -0.39 is 0 Å². The highest BCUT2D eigenvalue weighted by atomic mass is 16.1. The molecule has 0 spiro atoms. The van der Waals surface area contributed by atoms with Crippen LogP contribution in [0.15, 0.2) is 23.3 Å². The fourth-order valence-corrected chi connectivity index (χ4v) is 8.51. The first kappa shape index (κ1) is 30.4. The summed E-state index contributed by atoms with van der Waals surface area (Å²) in [6.45, 7) is 19.8. The molecule has 35 heavy (non-hydrogen) atoms. The number of unbranched alkanes of at least 4 members (excludes halogenated alkanes) is 2. The molecule has 1 heteroatoms. The number of carbonyl (C=O) groups excluding carboxylic acids is 1. The summed E-state index contributed by atoms with van der Waals surface area (Å²) in [5.41, 5.74) is 4.67. The van der Waals surface area contributed by atoms with Crippen molar-refractivity contribution in [2.45, 2.75) is 146 Å². The summed E-state index contributed by atoms with van der Waals surface area (Å²) in [5.74, 6) is 5.09. The minimum absolute atomic E-state index is 0.255. The molecule has 4 rings (SSSR count). The maximum absolute atomic E-state index is 9.81. The number of hydrogen-bond donors (Lipinski definition) is 0. The molecule has 0 saturated heterocycles. The summed E-state index contributed by atoms with van der Waals surface area (Å²) < 4.78 is 0. The molecule has 7 atom stereocenters. The second-order valence-electron chi connectivity index (χ2n) is 12.6. The number of carbonyl (C=O) groups is 1. The first-order chi connectivity index (χ1) is 16.7. The summed E-state index contributed by atoms with van der Waals surface area (Å²) in [5, 5.41) is 0. The molecular formula is C34H60O. The SMILES string of the molecule is C/C=C(/C)C1CCC2(C)C(=CCC3C2CCC2(C)C(CCCCC)CC[C@@H]32)C1.CC.CCC(C)=O. The first-order valence-corrected chi connectivity index (χ1v) is 15.5. The summed E-state index contributed by atoms with van der Waals surface area (Å²) in [7, 11) is 0. The standard InChI is InChI=1S/C28H46.C4H8O.C2H6/c1-6-8-9-10-22-12-14-25-24-13-11-23-19-21(20(3)7-2)15-17-28(23,5)26(24)16-18-27(22,25)4;1-3-4(2)5;1-2/h7,11,21-22,24-26H,6,8-10,12-19H2,1-5H3;3H2,1-2H3;1-2H3/b20-7-;;/t21?,22?,24?,25-,26?,27?,28?;;/m0../s1. The number of rotatable bonds is 6. The molecular weight excluding hydrogens is 424 g/mol. The molecule has 0 bridgehead atoms. The van der Waals surface area contributed by atoms with Gasteiger partial charge in [0.2, 0.25) is 0 Å². The Kier molecular flexibility index (Phi) is 11.8. The zero-order chi connectivity index (χ0) is 26.2. The van der Waals surface area contributed by atoms with Gasteiger partial charge in [0.25, 0.3) is 0 Å². The molecule has 4 aliphatic rings. The molecule has 0 aromatic rings. The van der Waals surface area contributed by atoms with Crippen molar-refractivity contribution in [1.29, 1.82) is 0 Å². The van der Waals surface area contributed by atoms with Crippen LogP contribution in [-0.2, 0) is 4.79 Å². The third-order valence-corrected chi connectivity index (χ3v) is 11.1. The Morgan fingerprint density at radius 1 is 1.00 bits per heavy atom. The van der Waals surface area contributed by atoms with Gasteiger partial charge < -0.3 is 4.79 Å². The van der Waals surface area contributed by atoms with Crippen LogP contribution in [0.4, 0.5) is 0 Å². The van der Waals surface area contributed by atoms with E-state index in [4.69, 9.17) is 0 Å². The highest BCUT2D eigenvalue weighted by molar-refractivity contribution is 5.74. The lowest BCUT2D eigenvalue weighted by Gasteiger charge is -2.58. The third-order valence-electron chi connectivity index (χ3n) is 11.1. The second-order valence-corrected chi connectivity index (χ2v) is 12.6. The number of allylic oxidation sites excluding steroid dienone is 4. The molecule has 6 unspecified atom stereocenters. The van der Waals surface area contributed by atoms with E-state index in [1.54, 1.807) is 12.5 Å². The normalized spacial score (nSPS) is 37.9. The van der Waals surface area contributed by atoms with Gasteiger partial charge in [0.05, 0.1) is 0 Å². The highest BCUT2D eigenvalue weighted by Gasteiger charge is 2.58. The molecule has 202 valence electrons. The second kappa shape index (κ2) is 13.6. The number of Topliss-reactive ketones (excluding diaryl/α,β-unsaturated/α-hetero) is 1. The Hall–Kier alpha value is -0.850. The smallest absolute Gasteiger partial charge is 0.129 e. The lowest BCUT2D eigenvalue weighted by Crippen LogP contribution is -2.50. The van der Waals surface area contributed by atoms with Gasteiger partial charge in [0, 0.05) is 6.42 Å². The van der Waals surface area contributed by atoms with Crippen LogP contribution < -0.4 is 0 Å². The van der Waals surface area contributed by atoms with Gasteiger partial charge in [0.15, 0.2) is 0 Å². The molecule has 3 saturated carbocycles. The van der Waals surface area contributed by atoms with Gasteiger partial charge in [0.1, 0.15) is 5.78 Å². The summed E-state index contributed by atoms with van der Waals surface area (Å²) in [4.78, 5) is 9.81. The largest absolute Gasteiger partial charge is 0.300 e.